The van der Waals surface area contributed by atoms with E-state index >= 15 is 0 Å². The van der Waals surface area contributed by atoms with Crippen LogP contribution in [-0.4, -0.2) is 4.98 Å². The summed E-state index contributed by atoms with van der Waals surface area (Å²) in [4.78, 5) is 4.91. The Bertz CT molecular complexity index is 823. The number of nitrogens with zero attached hydrogens (tertiary/aromatic N) is 1. The second-order valence-electron chi connectivity index (χ2n) is 7.11. The summed E-state index contributed by atoms with van der Waals surface area (Å²) in [5.74, 6) is 0. The van der Waals surface area contributed by atoms with Crippen molar-refractivity contribution in [3.63, 3.8) is 0 Å². The maximum Gasteiger partial charge on any atom is 0.0762 e. The summed E-state index contributed by atoms with van der Waals surface area (Å²) >= 11 is 0. The molecule has 0 aliphatic carbocycles. The minimum absolute atomic E-state index is 0.887. The standard InChI is InChI=1S/C23H30N2/c1-2-3-4-5-6-7-8-9-13-20-21(24)16-15-19-17-18-12-10-11-14-22(18)25-23(19)20/h10-12,14-17H,2-9,13,24H2,1H3. The molecule has 0 aliphatic heterocycles. The normalized spacial score (nSPS) is 11.4. The number of aromatic nitrogens is 1. The fourth-order valence-electron chi connectivity index (χ4n) is 3.62. The number of nitrogen functional groups attached to an aromatic ring is 1. The van der Waals surface area contributed by atoms with Gasteiger partial charge in [-0.25, -0.2) is 4.98 Å². The van der Waals surface area contributed by atoms with Crippen LogP contribution in [0.1, 0.15) is 63.9 Å². The van der Waals surface area contributed by atoms with E-state index < -0.39 is 0 Å². The van der Waals surface area contributed by atoms with Crippen LogP contribution >= 0.6 is 0 Å². The lowest BCUT2D eigenvalue weighted by molar-refractivity contribution is 0.576. The molecule has 0 saturated heterocycles. The molecule has 0 atom stereocenters. The Morgan fingerprint density at radius 2 is 1.52 bits per heavy atom. The van der Waals surface area contributed by atoms with Gasteiger partial charge in [-0.15, -0.1) is 0 Å². The van der Waals surface area contributed by atoms with Crippen LogP contribution in [0.15, 0.2) is 42.5 Å². The van der Waals surface area contributed by atoms with Crippen molar-refractivity contribution < 1.29 is 0 Å². The van der Waals surface area contributed by atoms with E-state index in [1.807, 2.05) is 12.1 Å². The van der Waals surface area contributed by atoms with E-state index in [2.05, 4.69) is 37.3 Å². The molecule has 2 heteroatoms. The SMILES string of the molecule is CCCCCCCCCCc1c(N)ccc2cc3ccccc3nc12. The van der Waals surface area contributed by atoms with Gasteiger partial charge in [0.1, 0.15) is 0 Å². The van der Waals surface area contributed by atoms with Crippen molar-refractivity contribution in [2.24, 2.45) is 0 Å². The predicted octanol–water partition coefficient (Wildman–Crippen LogP) is 6.65. The number of pyridine rings is 1. The summed E-state index contributed by atoms with van der Waals surface area (Å²) in [6.45, 7) is 2.27. The third-order valence-corrected chi connectivity index (χ3v) is 5.11. The first-order valence-corrected chi connectivity index (χ1v) is 9.86. The first kappa shape index (κ1) is 17.7. The summed E-state index contributed by atoms with van der Waals surface area (Å²) in [7, 11) is 0. The van der Waals surface area contributed by atoms with Crippen LogP contribution in [0.25, 0.3) is 21.8 Å². The summed E-state index contributed by atoms with van der Waals surface area (Å²) in [5, 5.41) is 2.39. The molecule has 2 nitrogen and oxygen atoms in total. The number of hydrogen-bond donors (Lipinski definition) is 1. The number of benzene rings is 2. The number of hydrogen-bond acceptors (Lipinski definition) is 2. The average molecular weight is 335 g/mol. The first-order valence-electron chi connectivity index (χ1n) is 9.86. The van der Waals surface area contributed by atoms with Gasteiger partial charge in [0.2, 0.25) is 0 Å². The smallest absolute Gasteiger partial charge is 0.0762 e. The number of para-hydroxylation sites is 1. The Balaban J connectivity index is 1.66. The van der Waals surface area contributed by atoms with Crippen molar-refractivity contribution in [3.05, 3.63) is 48.0 Å². The van der Waals surface area contributed by atoms with Gasteiger partial charge in [0.15, 0.2) is 0 Å². The molecule has 132 valence electrons. The van der Waals surface area contributed by atoms with Crippen LogP contribution < -0.4 is 5.73 Å². The Hall–Kier alpha value is -2.09. The summed E-state index contributed by atoms with van der Waals surface area (Å²) in [5.41, 5.74) is 10.5. The second kappa shape index (κ2) is 8.84. The molecule has 2 N–H and O–H groups in total. The van der Waals surface area contributed by atoms with Crippen molar-refractivity contribution in [1.82, 2.24) is 4.98 Å². The lowest BCUT2D eigenvalue weighted by Crippen LogP contribution is -1.98. The molecule has 1 heterocycles. The van der Waals surface area contributed by atoms with Crippen LogP contribution in [0.4, 0.5) is 5.69 Å². The highest BCUT2D eigenvalue weighted by molar-refractivity contribution is 5.95. The molecule has 0 fully saturated rings. The molecule has 0 unspecified atom stereocenters. The summed E-state index contributed by atoms with van der Waals surface area (Å²) < 4.78 is 0. The molecule has 0 spiro atoms. The van der Waals surface area contributed by atoms with E-state index in [0.717, 1.165) is 23.1 Å². The lowest BCUT2D eigenvalue weighted by Gasteiger charge is -2.11. The topological polar surface area (TPSA) is 38.9 Å². The number of anilines is 1. The van der Waals surface area contributed by atoms with E-state index in [9.17, 15) is 0 Å². The molecular weight excluding hydrogens is 304 g/mol. The van der Waals surface area contributed by atoms with Gasteiger partial charge in [0, 0.05) is 22.0 Å². The van der Waals surface area contributed by atoms with Gasteiger partial charge < -0.3 is 5.73 Å². The van der Waals surface area contributed by atoms with Crippen molar-refractivity contribution in [2.75, 3.05) is 5.73 Å². The first-order chi connectivity index (χ1) is 12.3. The van der Waals surface area contributed by atoms with Gasteiger partial charge in [-0.1, -0.05) is 76.1 Å². The molecule has 0 bridgehead atoms. The zero-order chi connectivity index (χ0) is 17.5. The van der Waals surface area contributed by atoms with E-state index in [0.29, 0.717) is 0 Å². The molecule has 0 saturated carbocycles. The number of aryl methyl sites for hydroxylation is 1. The zero-order valence-corrected chi connectivity index (χ0v) is 15.4. The minimum Gasteiger partial charge on any atom is -0.398 e. The van der Waals surface area contributed by atoms with Gasteiger partial charge >= 0.3 is 0 Å². The van der Waals surface area contributed by atoms with Gasteiger partial charge in [-0.3, -0.25) is 0 Å². The third kappa shape index (κ3) is 4.50. The van der Waals surface area contributed by atoms with E-state index in [4.69, 9.17) is 10.7 Å². The fourth-order valence-corrected chi connectivity index (χ4v) is 3.62. The molecule has 0 amide bonds. The van der Waals surface area contributed by atoms with Crippen molar-refractivity contribution in [3.8, 4) is 0 Å². The molecular formula is C23H30N2. The molecule has 3 aromatic rings. The van der Waals surface area contributed by atoms with Crippen LogP contribution in [0, 0.1) is 0 Å². The van der Waals surface area contributed by atoms with Crippen molar-refractivity contribution >= 4 is 27.5 Å². The van der Waals surface area contributed by atoms with Gasteiger partial charge in [-0.2, -0.15) is 0 Å². The van der Waals surface area contributed by atoms with Crippen LogP contribution in [-0.2, 0) is 6.42 Å². The quantitative estimate of drug-likeness (QED) is 0.270. The van der Waals surface area contributed by atoms with E-state index in [1.165, 1.54) is 67.7 Å². The van der Waals surface area contributed by atoms with Crippen molar-refractivity contribution in [1.29, 1.82) is 0 Å². The zero-order valence-electron chi connectivity index (χ0n) is 15.4. The molecule has 2 aromatic carbocycles. The number of unbranched alkanes of at least 4 members (excludes halogenated alkanes) is 7. The number of rotatable bonds is 9. The van der Waals surface area contributed by atoms with Crippen LogP contribution in [0.2, 0.25) is 0 Å². The number of nitrogens with two attached hydrogens (primary N) is 1. The minimum atomic E-state index is 0.887. The van der Waals surface area contributed by atoms with E-state index in [1.54, 1.807) is 0 Å². The maximum atomic E-state index is 6.29. The monoisotopic (exact) mass is 334 g/mol. The Morgan fingerprint density at radius 3 is 2.32 bits per heavy atom. The summed E-state index contributed by atoms with van der Waals surface area (Å²) in [6, 6.07) is 14.7. The maximum absolute atomic E-state index is 6.29. The van der Waals surface area contributed by atoms with Crippen molar-refractivity contribution in [2.45, 2.75) is 64.7 Å². The van der Waals surface area contributed by atoms with Crippen LogP contribution in [0.3, 0.4) is 0 Å². The Labute approximate surface area is 151 Å². The average Bonchev–Trinajstić information content (AvgIpc) is 2.64. The van der Waals surface area contributed by atoms with E-state index in [-0.39, 0.29) is 0 Å². The van der Waals surface area contributed by atoms with Gasteiger partial charge in [0.25, 0.3) is 0 Å². The Kier molecular flexibility index (Phi) is 6.27. The molecule has 0 aliphatic rings. The lowest BCUT2D eigenvalue weighted by atomic mass is 9.99. The molecule has 1 aromatic heterocycles. The third-order valence-electron chi connectivity index (χ3n) is 5.11. The van der Waals surface area contributed by atoms with Gasteiger partial charge in [-0.05, 0) is 31.0 Å². The van der Waals surface area contributed by atoms with Crippen LogP contribution in [0.5, 0.6) is 0 Å². The highest BCUT2D eigenvalue weighted by Crippen LogP contribution is 2.27. The largest absolute Gasteiger partial charge is 0.398 e. The van der Waals surface area contributed by atoms with Gasteiger partial charge in [0.05, 0.1) is 11.0 Å². The Morgan fingerprint density at radius 1 is 0.800 bits per heavy atom. The second-order valence-corrected chi connectivity index (χ2v) is 7.11. The predicted molar refractivity (Wildman–Crippen MR) is 110 cm³/mol. The molecule has 25 heavy (non-hydrogen) atoms. The molecule has 3 rings (SSSR count). The summed E-state index contributed by atoms with van der Waals surface area (Å²) in [6.07, 6.45) is 11.7. The highest BCUT2D eigenvalue weighted by atomic mass is 14.7. The highest BCUT2D eigenvalue weighted by Gasteiger charge is 2.08. The fraction of sp³-hybridized carbons (Fsp3) is 0.435. The number of fused-ring (bicyclic) bond motifs is 2. The molecule has 0 radical (unpaired) electrons.